The van der Waals surface area contributed by atoms with Gasteiger partial charge in [-0.25, -0.2) is 8.42 Å². The van der Waals surface area contributed by atoms with Crippen molar-refractivity contribution in [2.24, 2.45) is 0 Å². The number of carbonyl (C=O) groups is 2. The Morgan fingerprint density at radius 2 is 1.59 bits per heavy atom. The van der Waals surface area contributed by atoms with E-state index in [1.54, 1.807) is 67.6 Å². The predicted octanol–water partition coefficient (Wildman–Crippen LogP) is 5.54. The molecule has 4 rings (SSSR count). The molecule has 0 heterocycles. The van der Waals surface area contributed by atoms with Gasteiger partial charge in [0.05, 0.1) is 21.8 Å². The molecule has 1 saturated carbocycles. The van der Waals surface area contributed by atoms with Gasteiger partial charge in [-0.2, -0.15) is 0 Å². The number of rotatable bonds is 8. The molecule has 194 valence electrons. The van der Waals surface area contributed by atoms with Crippen molar-refractivity contribution in [3.8, 4) is 0 Å². The Hall–Kier alpha value is -3.36. The monoisotopic (exact) mass is 539 g/mol. The summed E-state index contributed by atoms with van der Waals surface area (Å²) in [6.45, 7) is 1.20. The lowest BCUT2D eigenvalue weighted by Crippen LogP contribution is -2.39. The summed E-state index contributed by atoms with van der Waals surface area (Å²) in [6, 6.07) is 19.7. The molecular weight excluding hydrogens is 510 g/mol. The molecule has 2 amide bonds. The molecule has 0 aliphatic heterocycles. The Bertz CT molecular complexity index is 1370. The van der Waals surface area contributed by atoms with Crippen LogP contribution >= 0.6 is 11.6 Å². The van der Waals surface area contributed by atoms with Crippen LogP contribution in [-0.2, 0) is 14.8 Å². The zero-order chi connectivity index (χ0) is 26.4. The molecule has 1 aliphatic carbocycles. The number of benzene rings is 3. The molecule has 37 heavy (non-hydrogen) atoms. The van der Waals surface area contributed by atoms with Crippen LogP contribution in [0.15, 0.2) is 77.7 Å². The fourth-order valence-corrected chi connectivity index (χ4v) is 6.18. The number of hydrogen-bond acceptors (Lipinski definition) is 4. The molecule has 1 fully saturated rings. The fourth-order valence-electron chi connectivity index (χ4n) is 4.51. The lowest BCUT2D eigenvalue weighted by atomic mass is 9.95. The number of hydrogen-bond donors (Lipinski definition) is 2. The number of carbonyl (C=O) groups excluding carboxylic acids is 2. The summed E-state index contributed by atoms with van der Waals surface area (Å²) >= 11 is 6.29. The second-order valence-corrected chi connectivity index (χ2v) is 11.4. The van der Waals surface area contributed by atoms with Crippen molar-refractivity contribution in [3.63, 3.8) is 0 Å². The van der Waals surface area contributed by atoms with Gasteiger partial charge in [-0.05, 0) is 61.7 Å². The van der Waals surface area contributed by atoms with Crippen LogP contribution in [0.3, 0.4) is 0 Å². The highest BCUT2D eigenvalue weighted by Gasteiger charge is 2.29. The third kappa shape index (κ3) is 6.32. The Morgan fingerprint density at radius 1 is 0.919 bits per heavy atom. The van der Waals surface area contributed by atoms with E-state index in [1.165, 1.54) is 18.6 Å². The highest BCUT2D eigenvalue weighted by molar-refractivity contribution is 7.92. The quantitative estimate of drug-likeness (QED) is 0.392. The van der Waals surface area contributed by atoms with Crippen molar-refractivity contribution in [2.45, 2.75) is 50.0 Å². The smallest absolute Gasteiger partial charge is 0.264 e. The highest BCUT2D eigenvalue weighted by atomic mass is 35.5. The molecule has 7 nitrogen and oxygen atoms in total. The van der Waals surface area contributed by atoms with Gasteiger partial charge in [-0.3, -0.25) is 13.9 Å². The van der Waals surface area contributed by atoms with Crippen molar-refractivity contribution < 1.29 is 18.0 Å². The van der Waals surface area contributed by atoms with Gasteiger partial charge in [0.1, 0.15) is 6.54 Å². The van der Waals surface area contributed by atoms with Crippen LogP contribution in [-0.4, -0.2) is 32.8 Å². The van der Waals surface area contributed by atoms with Gasteiger partial charge in [0.15, 0.2) is 0 Å². The lowest BCUT2D eigenvalue weighted by molar-refractivity contribution is -0.114. The largest absolute Gasteiger partial charge is 0.349 e. The molecular formula is C28H30ClN3O4S. The van der Waals surface area contributed by atoms with E-state index < -0.39 is 22.5 Å². The van der Waals surface area contributed by atoms with Crippen LogP contribution in [0.1, 0.15) is 48.0 Å². The zero-order valence-electron chi connectivity index (χ0n) is 20.6. The summed E-state index contributed by atoms with van der Waals surface area (Å²) in [5.74, 6) is -0.848. The van der Waals surface area contributed by atoms with Crippen LogP contribution in [0, 0.1) is 6.92 Å². The minimum absolute atomic E-state index is 0.0504. The van der Waals surface area contributed by atoms with Crippen LogP contribution in [0.5, 0.6) is 0 Å². The molecule has 3 aromatic rings. The summed E-state index contributed by atoms with van der Waals surface area (Å²) in [4.78, 5) is 26.3. The second-order valence-electron chi connectivity index (χ2n) is 9.11. The van der Waals surface area contributed by atoms with Gasteiger partial charge in [0.2, 0.25) is 5.91 Å². The molecule has 0 aromatic heterocycles. The molecule has 0 radical (unpaired) electrons. The van der Waals surface area contributed by atoms with E-state index in [0.717, 1.165) is 30.0 Å². The molecule has 0 spiro atoms. The van der Waals surface area contributed by atoms with E-state index in [9.17, 15) is 18.0 Å². The van der Waals surface area contributed by atoms with Crippen molar-refractivity contribution >= 4 is 44.8 Å². The van der Waals surface area contributed by atoms with Gasteiger partial charge in [0.25, 0.3) is 15.9 Å². The van der Waals surface area contributed by atoms with Crippen molar-refractivity contribution in [3.05, 3.63) is 88.9 Å². The second kappa shape index (κ2) is 11.8. The molecule has 2 N–H and O–H groups in total. The summed E-state index contributed by atoms with van der Waals surface area (Å²) < 4.78 is 28.3. The summed E-state index contributed by atoms with van der Waals surface area (Å²) in [5.41, 5.74) is 1.48. The lowest BCUT2D eigenvalue weighted by Gasteiger charge is -2.26. The maximum Gasteiger partial charge on any atom is 0.264 e. The third-order valence-corrected chi connectivity index (χ3v) is 8.70. The Labute approximate surface area is 222 Å². The van der Waals surface area contributed by atoms with Crippen molar-refractivity contribution in [1.82, 2.24) is 5.32 Å². The van der Waals surface area contributed by atoms with Gasteiger partial charge in [-0.1, -0.05) is 67.3 Å². The Balaban J connectivity index is 1.60. The molecule has 9 heteroatoms. The number of nitrogens with zero attached hydrogens (tertiary/aromatic N) is 1. The number of halogens is 1. The summed E-state index contributed by atoms with van der Waals surface area (Å²) in [6.07, 6.45) is 5.21. The number of sulfonamides is 1. The van der Waals surface area contributed by atoms with Crippen molar-refractivity contribution in [1.29, 1.82) is 0 Å². The van der Waals surface area contributed by atoms with Gasteiger partial charge >= 0.3 is 0 Å². The number of amides is 2. The van der Waals surface area contributed by atoms with Crippen molar-refractivity contribution in [2.75, 3.05) is 16.2 Å². The molecule has 0 atom stereocenters. The molecule has 1 aliphatic rings. The first-order chi connectivity index (χ1) is 17.8. The van der Waals surface area contributed by atoms with Crippen LogP contribution < -0.4 is 14.9 Å². The van der Waals surface area contributed by atoms with Gasteiger partial charge < -0.3 is 10.6 Å². The molecule has 0 bridgehead atoms. The van der Waals surface area contributed by atoms with E-state index in [1.807, 2.05) is 0 Å². The average Bonchev–Trinajstić information content (AvgIpc) is 2.90. The first-order valence-electron chi connectivity index (χ1n) is 12.3. The van der Waals surface area contributed by atoms with E-state index in [2.05, 4.69) is 10.6 Å². The normalized spacial score (nSPS) is 14.1. The van der Waals surface area contributed by atoms with Crippen LogP contribution in [0.4, 0.5) is 11.4 Å². The third-order valence-electron chi connectivity index (χ3n) is 6.51. The Kier molecular flexibility index (Phi) is 8.51. The van der Waals surface area contributed by atoms with E-state index in [-0.39, 0.29) is 16.8 Å². The SMILES string of the molecule is Cc1c(Cl)cccc1N(CC(=O)Nc1ccccc1C(=O)NC1CCCCC1)S(=O)(=O)c1ccccc1. The zero-order valence-corrected chi connectivity index (χ0v) is 22.2. The Morgan fingerprint density at radius 3 is 2.32 bits per heavy atom. The van der Waals surface area contributed by atoms with Gasteiger partial charge in [-0.15, -0.1) is 0 Å². The predicted molar refractivity (Wildman–Crippen MR) is 147 cm³/mol. The first kappa shape index (κ1) is 26.7. The number of anilines is 2. The maximum atomic E-state index is 13.6. The molecule has 0 saturated heterocycles. The van der Waals surface area contributed by atoms with Crippen LogP contribution in [0.25, 0.3) is 0 Å². The first-order valence-corrected chi connectivity index (χ1v) is 14.1. The molecule has 3 aromatic carbocycles. The summed E-state index contributed by atoms with van der Waals surface area (Å²) in [7, 11) is -4.09. The highest BCUT2D eigenvalue weighted by Crippen LogP contribution is 2.31. The minimum Gasteiger partial charge on any atom is -0.349 e. The maximum absolute atomic E-state index is 13.6. The average molecular weight is 540 g/mol. The van der Waals surface area contributed by atoms with Crippen LogP contribution in [0.2, 0.25) is 5.02 Å². The number of nitrogens with one attached hydrogen (secondary N) is 2. The minimum atomic E-state index is -4.09. The van der Waals surface area contributed by atoms with E-state index >= 15 is 0 Å². The molecule has 0 unspecified atom stereocenters. The van der Waals surface area contributed by atoms with E-state index in [0.29, 0.717) is 27.5 Å². The van der Waals surface area contributed by atoms with Gasteiger partial charge in [0, 0.05) is 11.1 Å². The fraction of sp³-hybridized carbons (Fsp3) is 0.286. The standard InChI is InChI=1S/C28H30ClN3O4S/c1-20-24(29)16-10-18-26(20)32(37(35,36)22-13-6-3-7-14-22)19-27(33)31-25-17-9-8-15-23(25)28(34)30-21-11-4-2-5-12-21/h3,6-10,13-18,21H,2,4-5,11-12,19H2,1H3,(H,30,34)(H,31,33). The topological polar surface area (TPSA) is 95.6 Å². The number of para-hydroxylation sites is 1. The summed E-state index contributed by atoms with van der Waals surface area (Å²) in [5, 5.41) is 6.20. The van der Waals surface area contributed by atoms with E-state index in [4.69, 9.17) is 11.6 Å².